The molecule has 2 amide bonds. The molecule has 5 heteroatoms. The average molecular weight is 188 g/mol. The lowest BCUT2D eigenvalue weighted by Gasteiger charge is -2.25. The molecule has 0 aromatic carbocycles. The molecule has 2 N–H and O–H groups in total. The third-order valence-corrected chi connectivity index (χ3v) is 2.61. The van der Waals surface area contributed by atoms with Crippen LogP contribution in [0.25, 0.3) is 0 Å². The third-order valence-electron chi connectivity index (χ3n) is 1.49. The highest BCUT2D eigenvalue weighted by Crippen LogP contribution is 2.17. The van der Waals surface area contributed by atoms with Crippen LogP contribution in [0.4, 0.5) is 0 Å². The molecule has 1 rings (SSSR count). The van der Waals surface area contributed by atoms with Gasteiger partial charge in [-0.3, -0.25) is 9.59 Å². The van der Waals surface area contributed by atoms with Crippen LogP contribution in [-0.2, 0) is 9.59 Å². The lowest BCUT2D eigenvalue weighted by Crippen LogP contribution is -2.46. The predicted octanol–water partition coefficient (Wildman–Crippen LogP) is -0.298. The number of amides is 2. The van der Waals surface area contributed by atoms with Gasteiger partial charge in [0.2, 0.25) is 11.8 Å². The zero-order chi connectivity index (χ0) is 8.97. The van der Waals surface area contributed by atoms with Crippen LogP contribution in [0.15, 0.2) is 0 Å². The van der Waals surface area contributed by atoms with E-state index >= 15 is 0 Å². The van der Waals surface area contributed by atoms with Crippen LogP contribution in [0.5, 0.6) is 0 Å². The van der Waals surface area contributed by atoms with Crippen molar-refractivity contribution >= 4 is 23.6 Å². The van der Waals surface area contributed by atoms with Crippen molar-refractivity contribution in [3.8, 4) is 0 Å². The van der Waals surface area contributed by atoms with Gasteiger partial charge in [0, 0.05) is 19.2 Å². The Labute approximate surface area is 75.5 Å². The summed E-state index contributed by atoms with van der Waals surface area (Å²) in [7, 11) is 0. The van der Waals surface area contributed by atoms with Gasteiger partial charge in [-0.2, -0.15) is 0 Å². The Hall–Kier alpha value is -0.710. The van der Waals surface area contributed by atoms with Crippen LogP contribution in [0.2, 0.25) is 0 Å². The molecular weight excluding hydrogens is 176 g/mol. The Morgan fingerprint density at radius 1 is 1.83 bits per heavy atom. The number of thioether (sulfide) groups is 1. The van der Waals surface area contributed by atoms with Gasteiger partial charge >= 0.3 is 0 Å². The fraction of sp³-hybridized carbons (Fsp3) is 0.714. The van der Waals surface area contributed by atoms with Gasteiger partial charge in [0.05, 0.1) is 11.8 Å². The van der Waals surface area contributed by atoms with Crippen molar-refractivity contribution in [1.29, 1.82) is 0 Å². The average Bonchev–Trinajstić information content (AvgIpc) is 1.93. The predicted molar refractivity (Wildman–Crippen MR) is 47.7 cm³/mol. The second-order valence-corrected chi connectivity index (χ2v) is 3.92. The smallest absolute Gasteiger partial charge is 0.223 e. The molecule has 0 spiro atoms. The van der Waals surface area contributed by atoms with Crippen LogP contribution in [-0.4, -0.2) is 29.5 Å². The van der Waals surface area contributed by atoms with E-state index in [1.165, 1.54) is 6.92 Å². The van der Waals surface area contributed by atoms with Gasteiger partial charge in [0.25, 0.3) is 0 Å². The van der Waals surface area contributed by atoms with Gasteiger partial charge < -0.3 is 10.6 Å². The van der Waals surface area contributed by atoms with Gasteiger partial charge in [-0.15, -0.1) is 11.8 Å². The zero-order valence-corrected chi connectivity index (χ0v) is 7.74. The molecule has 68 valence electrons. The highest BCUT2D eigenvalue weighted by atomic mass is 32.2. The van der Waals surface area contributed by atoms with Gasteiger partial charge in [0.15, 0.2) is 0 Å². The summed E-state index contributed by atoms with van der Waals surface area (Å²) in [6.45, 7) is 2.17. The SMILES string of the molecule is CC(=O)NCCSC1CC(=O)N1. The topological polar surface area (TPSA) is 58.2 Å². The minimum Gasteiger partial charge on any atom is -0.356 e. The first-order valence-electron chi connectivity index (χ1n) is 3.84. The summed E-state index contributed by atoms with van der Waals surface area (Å²) in [4.78, 5) is 20.9. The van der Waals surface area contributed by atoms with E-state index in [9.17, 15) is 9.59 Å². The molecule has 4 nitrogen and oxygen atoms in total. The van der Waals surface area contributed by atoms with Crippen LogP contribution >= 0.6 is 11.8 Å². The zero-order valence-electron chi connectivity index (χ0n) is 6.92. The molecule has 0 saturated carbocycles. The van der Waals surface area contributed by atoms with Crippen LogP contribution < -0.4 is 10.6 Å². The standard InChI is InChI=1S/C7H12N2O2S/c1-5(10)8-2-3-12-7-4-6(11)9-7/h7H,2-4H2,1H3,(H,8,10)(H,9,11). The molecule has 1 unspecified atom stereocenters. The van der Waals surface area contributed by atoms with Crippen LogP contribution in [0.3, 0.4) is 0 Å². The van der Waals surface area contributed by atoms with E-state index in [0.29, 0.717) is 13.0 Å². The van der Waals surface area contributed by atoms with Crippen molar-refractivity contribution in [1.82, 2.24) is 10.6 Å². The first-order valence-corrected chi connectivity index (χ1v) is 4.89. The summed E-state index contributed by atoms with van der Waals surface area (Å²) >= 11 is 1.66. The van der Waals surface area contributed by atoms with Gasteiger partial charge in [0.1, 0.15) is 0 Å². The summed E-state index contributed by atoms with van der Waals surface area (Å²) in [6, 6.07) is 0. The fourth-order valence-corrected chi connectivity index (χ4v) is 1.84. The number of hydrogen-bond donors (Lipinski definition) is 2. The van der Waals surface area contributed by atoms with Crippen molar-refractivity contribution in [2.75, 3.05) is 12.3 Å². The van der Waals surface area contributed by atoms with E-state index in [1.54, 1.807) is 11.8 Å². The quantitative estimate of drug-likeness (QED) is 0.470. The second-order valence-electron chi connectivity index (χ2n) is 2.61. The molecule has 1 fully saturated rings. The molecule has 0 aliphatic carbocycles. The Balaban J connectivity index is 1.90. The number of hydrogen-bond acceptors (Lipinski definition) is 3. The van der Waals surface area contributed by atoms with Crippen molar-refractivity contribution < 1.29 is 9.59 Å². The van der Waals surface area contributed by atoms with E-state index in [4.69, 9.17) is 0 Å². The molecular formula is C7H12N2O2S. The van der Waals surface area contributed by atoms with Gasteiger partial charge in [-0.1, -0.05) is 0 Å². The van der Waals surface area contributed by atoms with Crippen LogP contribution in [0, 0.1) is 0 Å². The Morgan fingerprint density at radius 3 is 3.00 bits per heavy atom. The maximum atomic E-state index is 10.5. The number of nitrogens with one attached hydrogen (secondary N) is 2. The van der Waals surface area contributed by atoms with Crippen molar-refractivity contribution in [2.24, 2.45) is 0 Å². The Morgan fingerprint density at radius 2 is 2.50 bits per heavy atom. The number of carbonyl (C=O) groups excluding carboxylic acids is 2. The highest BCUT2D eigenvalue weighted by Gasteiger charge is 2.24. The maximum absolute atomic E-state index is 10.5. The monoisotopic (exact) mass is 188 g/mol. The van der Waals surface area contributed by atoms with Crippen molar-refractivity contribution in [2.45, 2.75) is 18.7 Å². The number of β-lactam (4-membered cyclic amide) rings is 1. The van der Waals surface area contributed by atoms with Gasteiger partial charge in [-0.05, 0) is 0 Å². The van der Waals surface area contributed by atoms with Crippen molar-refractivity contribution in [3.05, 3.63) is 0 Å². The van der Waals surface area contributed by atoms with Crippen LogP contribution in [0.1, 0.15) is 13.3 Å². The molecule has 1 atom stereocenters. The molecule has 1 saturated heterocycles. The lowest BCUT2D eigenvalue weighted by molar-refractivity contribution is -0.126. The van der Waals surface area contributed by atoms with E-state index in [2.05, 4.69) is 10.6 Å². The van der Waals surface area contributed by atoms with E-state index in [1.807, 2.05) is 0 Å². The molecule has 0 radical (unpaired) electrons. The normalized spacial score (nSPS) is 21.1. The lowest BCUT2D eigenvalue weighted by atomic mass is 10.3. The first-order chi connectivity index (χ1) is 5.68. The molecule has 1 heterocycles. The molecule has 0 aromatic rings. The molecule has 0 aromatic heterocycles. The summed E-state index contributed by atoms with van der Waals surface area (Å²) in [5.41, 5.74) is 0. The summed E-state index contributed by atoms with van der Waals surface area (Å²) in [6.07, 6.45) is 0.616. The minimum atomic E-state index is -0.00625. The third kappa shape index (κ3) is 3.13. The van der Waals surface area contributed by atoms with Gasteiger partial charge in [-0.25, -0.2) is 0 Å². The summed E-state index contributed by atoms with van der Waals surface area (Å²) in [5, 5.41) is 5.70. The summed E-state index contributed by atoms with van der Waals surface area (Å²) < 4.78 is 0. The van der Waals surface area contributed by atoms with E-state index in [0.717, 1.165) is 5.75 Å². The minimum absolute atomic E-state index is 0.00625. The number of carbonyl (C=O) groups is 2. The molecule has 0 bridgehead atoms. The fourth-order valence-electron chi connectivity index (χ4n) is 0.856. The summed E-state index contributed by atoms with van der Waals surface area (Å²) in [5.74, 6) is 0.963. The number of rotatable bonds is 4. The first kappa shape index (κ1) is 9.38. The molecule has 12 heavy (non-hydrogen) atoms. The maximum Gasteiger partial charge on any atom is 0.223 e. The largest absolute Gasteiger partial charge is 0.356 e. The van der Waals surface area contributed by atoms with E-state index < -0.39 is 0 Å². The van der Waals surface area contributed by atoms with E-state index in [-0.39, 0.29) is 17.2 Å². The Bertz CT molecular complexity index is 188. The molecule has 1 aliphatic heterocycles. The Kier molecular flexibility index (Phi) is 3.40. The highest BCUT2D eigenvalue weighted by molar-refractivity contribution is 8.00. The molecule has 1 aliphatic rings. The second kappa shape index (κ2) is 4.35. The van der Waals surface area contributed by atoms with Crippen molar-refractivity contribution in [3.63, 3.8) is 0 Å².